The Hall–Kier alpha value is -5.18. The second-order valence-electron chi connectivity index (χ2n) is 13.8. The molecule has 0 aliphatic heterocycles. The van der Waals surface area contributed by atoms with Crippen LogP contribution in [-0.2, 0) is 6.42 Å². The molecule has 0 spiro atoms. The molecule has 2 aromatic carbocycles. The molecule has 2 unspecified atom stereocenters. The van der Waals surface area contributed by atoms with Gasteiger partial charge >= 0.3 is 0 Å². The van der Waals surface area contributed by atoms with Gasteiger partial charge in [-0.25, -0.2) is 0 Å². The van der Waals surface area contributed by atoms with Crippen molar-refractivity contribution in [1.82, 2.24) is 19.9 Å². The predicted molar refractivity (Wildman–Crippen MR) is 210 cm³/mol. The van der Waals surface area contributed by atoms with Crippen molar-refractivity contribution in [3.8, 4) is 0 Å². The SMILES string of the molecule is CC(=O)c1c(C)[nH]c(C(c2cc(CC(=O)c3c(C)[nH]c(C(c4ccc(C)[nH]4)c4csc5ccccc45)c3C)c[nH]2)c2csc3ccccc23)c1C. The second-order valence-corrected chi connectivity index (χ2v) is 15.6. The number of ketones is 2. The van der Waals surface area contributed by atoms with Gasteiger partial charge in [0.15, 0.2) is 11.6 Å². The normalized spacial score (nSPS) is 13.0. The van der Waals surface area contributed by atoms with E-state index in [9.17, 15) is 9.59 Å². The van der Waals surface area contributed by atoms with Crippen LogP contribution in [0.15, 0.2) is 83.7 Å². The molecule has 8 aromatic rings. The van der Waals surface area contributed by atoms with Crippen molar-refractivity contribution >= 4 is 54.4 Å². The molecule has 8 heteroatoms. The minimum Gasteiger partial charge on any atom is -0.364 e. The van der Waals surface area contributed by atoms with Crippen LogP contribution in [0.2, 0.25) is 0 Å². The topological polar surface area (TPSA) is 97.3 Å². The zero-order valence-electron chi connectivity index (χ0n) is 29.6. The summed E-state index contributed by atoms with van der Waals surface area (Å²) in [6.45, 7) is 11.8. The fourth-order valence-electron chi connectivity index (χ4n) is 8.17. The Morgan fingerprint density at radius 3 is 1.76 bits per heavy atom. The first-order valence-corrected chi connectivity index (χ1v) is 19.0. The molecule has 0 bridgehead atoms. The summed E-state index contributed by atoms with van der Waals surface area (Å²) in [5, 5.41) is 6.89. The third-order valence-corrected chi connectivity index (χ3v) is 12.4. The third-order valence-electron chi connectivity index (χ3n) is 10.4. The van der Waals surface area contributed by atoms with Crippen molar-refractivity contribution in [2.45, 2.75) is 59.8 Å². The fourth-order valence-corrected chi connectivity index (χ4v) is 10.1. The number of carbonyl (C=O) groups is 2. The van der Waals surface area contributed by atoms with Gasteiger partial charge in [0, 0.05) is 73.0 Å². The van der Waals surface area contributed by atoms with Crippen LogP contribution in [0.3, 0.4) is 0 Å². The van der Waals surface area contributed by atoms with E-state index in [-0.39, 0.29) is 29.8 Å². The zero-order valence-corrected chi connectivity index (χ0v) is 31.2. The number of aryl methyl sites for hydroxylation is 3. The molecule has 8 rings (SSSR count). The van der Waals surface area contributed by atoms with Crippen molar-refractivity contribution in [2.75, 3.05) is 0 Å². The van der Waals surface area contributed by atoms with Gasteiger partial charge in [-0.3, -0.25) is 9.59 Å². The van der Waals surface area contributed by atoms with Crippen LogP contribution >= 0.6 is 22.7 Å². The zero-order chi connectivity index (χ0) is 35.6. The van der Waals surface area contributed by atoms with E-state index in [1.165, 1.54) is 31.3 Å². The van der Waals surface area contributed by atoms with Crippen molar-refractivity contribution in [3.63, 3.8) is 0 Å². The lowest BCUT2D eigenvalue weighted by Crippen LogP contribution is -2.08. The average Bonchev–Trinajstić information content (AvgIpc) is 3.96. The smallest absolute Gasteiger partial charge is 0.169 e. The minimum absolute atomic E-state index is 0.0524. The monoisotopic (exact) mass is 708 g/mol. The summed E-state index contributed by atoms with van der Waals surface area (Å²) in [5.41, 5.74) is 13.7. The van der Waals surface area contributed by atoms with Crippen LogP contribution in [0.4, 0.5) is 0 Å². The number of nitrogens with one attached hydrogen (secondary N) is 4. The van der Waals surface area contributed by atoms with E-state index < -0.39 is 0 Å². The first-order valence-electron chi connectivity index (χ1n) is 17.3. The van der Waals surface area contributed by atoms with E-state index in [2.05, 4.69) is 111 Å². The molecule has 0 fully saturated rings. The lowest BCUT2D eigenvalue weighted by Gasteiger charge is -2.17. The van der Waals surface area contributed by atoms with Gasteiger partial charge < -0.3 is 19.9 Å². The lowest BCUT2D eigenvalue weighted by atomic mass is 9.88. The van der Waals surface area contributed by atoms with Crippen LogP contribution < -0.4 is 0 Å². The Bertz CT molecular complexity index is 2600. The summed E-state index contributed by atoms with van der Waals surface area (Å²) in [7, 11) is 0. The summed E-state index contributed by atoms with van der Waals surface area (Å²) >= 11 is 3.48. The van der Waals surface area contributed by atoms with E-state index in [4.69, 9.17) is 0 Å². The number of benzene rings is 2. The third kappa shape index (κ3) is 5.63. The number of rotatable bonds is 10. The first-order chi connectivity index (χ1) is 24.6. The number of thiophene rings is 2. The van der Waals surface area contributed by atoms with Gasteiger partial charge in [0.05, 0.1) is 11.8 Å². The highest BCUT2D eigenvalue weighted by Gasteiger charge is 2.30. The van der Waals surface area contributed by atoms with Crippen molar-refractivity contribution in [1.29, 1.82) is 0 Å². The highest BCUT2D eigenvalue weighted by atomic mass is 32.1. The Morgan fingerprint density at radius 1 is 0.667 bits per heavy atom. The lowest BCUT2D eigenvalue weighted by molar-refractivity contribution is 0.0989. The summed E-state index contributed by atoms with van der Waals surface area (Å²) < 4.78 is 2.46. The van der Waals surface area contributed by atoms with Gasteiger partial charge in [0.1, 0.15) is 0 Å². The maximum absolute atomic E-state index is 14.3. The standard InChI is InChI=1S/C43H40N4O2S2/c1-22-15-16-33(45-22)40(31-20-50-36-13-9-7-11-29(31)36)43-24(3)39(26(5)47-43)35(49)18-28-17-34(44-19-28)41(32-21-51-37-14-10-8-12-30(32)37)42-23(2)38(27(6)48)25(4)46-42/h7-17,19-21,40-41,44-47H,18H2,1-6H3. The van der Waals surface area contributed by atoms with Gasteiger partial charge in [-0.05, 0) is 121 Å². The van der Waals surface area contributed by atoms with Crippen molar-refractivity contribution < 1.29 is 9.59 Å². The number of aromatic amines is 4. The molecule has 0 saturated carbocycles. The van der Waals surface area contributed by atoms with Crippen LogP contribution in [-0.4, -0.2) is 31.5 Å². The summed E-state index contributed by atoms with van der Waals surface area (Å²) in [4.78, 5) is 41.3. The van der Waals surface area contributed by atoms with Crippen molar-refractivity contribution in [2.24, 2.45) is 0 Å². The molecular formula is C43H40N4O2S2. The van der Waals surface area contributed by atoms with Crippen LogP contribution in [0.5, 0.6) is 0 Å². The van der Waals surface area contributed by atoms with Crippen molar-refractivity contribution in [3.05, 3.63) is 162 Å². The molecule has 6 aromatic heterocycles. The van der Waals surface area contributed by atoms with E-state index in [1.807, 2.05) is 27.0 Å². The Labute approximate surface area is 305 Å². The Kier molecular flexibility index (Phi) is 8.32. The molecule has 256 valence electrons. The largest absolute Gasteiger partial charge is 0.364 e. The van der Waals surface area contributed by atoms with E-state index in [1.54, 1.807) is 29.6 Å². The molecular weight excluding hydrogens is 669 g/mol. The molecule has 0 aliphatic carbocycles. The quantitative estimate of drug-likeness (QED) is 0.106. The maximum Gasteiger partial charge on any atom is 0.169 e. The molecule has 6 nitrogen and oxygen atoms in total. The van der Waals surface area contributed by atoms with Gasteiger partial charge in [-0.2, -0.15) is 0 Å². The molecule has 0 aliphatic rings. The highest BCUT2D eigenvalue weighted by molar-refractivity contribution is 7.17. The maximum atomic E-state index is 14.3. The highest BCUT2D eigenvalue weighted by Crippen LogP contribution is 2.42. The molecule has 4 N–H and O–H groups in total. The Morgan fingerprint density at radius 2 is 1.22 bits per heavy atom. The second kappa shape index (κ2) is 12.9. The number of hydrogen-bond acceptors (Lipinski definition) is 4. The number of aromatic nitrogens is 4. The first kappa shape index (κ1) is 33.0. The summed E-state index contributed by atoms with van der Waals surface area (Å²) in [6, 6.07) is 23.4. The minimum atomic E-state index is -0.162. The Balaban J connectivity index is 1.16. The average molecular weight is 709 g/mol. The number of H-pyrrole nitrogens is 4. The molecule has 51 heavy (non-hydrogen) atoms. The molecule has 6 heterocycles. The van der Waals surface area contributed by atoms with Gasteiger partial charge in [-0.15, -0.1) is 22.7 Å². The van der Waals surface area contributed by atoms with Crippen LogP contribution in [0.25, 0.3) is 20.2 Å². The molecule has 2 atom stereocenters. The fraction of sp³-hybridized carbons (Fsp3) is 0.209. The van der Waals surface area contributed by atoms with Gasteiger partial charge in [0.2, 0.25) is 0 Å². The van der Waals surface area contributed by atoms with Gasteiger partial charge in [-0.1, -0.05) is 36.4 Å². The van der Waals surface area contributed by atoms with Crippen LogP contribution in [0, 0.1) is 34.6 Å². The number of Topliss-reactive ketones (excluding diaryl/α,β-unsaturated/α-hetero) is 2. The summed E-state index contributed by atoms with van der Waals surface area (Å²) in [6.07, 6.45) is 2.23. The van der Waals surface area contributed by atoms with Gasteiger partial charge in [0.25, 0.3) is 0 Å². The molecule has 0 radical (unpaired) electrons. The molecule has 0 amide bonds. The van der Waals surface area contributed by atoms with Crippen LogP contribution in [0.1, 0.15) is 107 Å². The number of hydrogen-bond donors (Lipinski definition) is 4. The summed E-state index contributed by atoms with van der Waals surface area (Å²) in [5.74, 6) is -0.0957. The number of carbonyl (C=O) groups excluding carboxylic acids is 2. The molecule has 0 saturated heterocycles. The predicted octanol–water partition coefficient (Wildman–Crippen LogP) is 11.0. The van der Waals surface area contributed by atoms with E-state index in [0.29, 0.717) is 0 Å². The van der Waals surface area contributed by atoms with E-state index in [0.717, 1.165) is 67.7 Å². The van der Waals surface area contributed by atoms with E-state index >= 15 is 0 Å². The number of fused-ring (bicyclic) bond motifs is 2.